The molecule has 3 aromatic heterocycles. The Kier molecular flexibility index (Phi) is 7.11. The van der Waals surface area contributed by atoms with Crippen LogP contribution in [0.5, 0.6) is 5.75 Å². The molecule has 1 fully saturated rings. The van der Waals surface area contributed by atoms with E-state index in [0.29, 0.717) is 24.3 Å². The van der Waals surface area contributed by atoms with Crippen LogP contribution >= 0.6 is 31.9 Å². The highest BCUT2D eigenvalue weighted by atomic mass is 32.1. The number of hydrogen-bond donors (Lipinski definition) is 2. The van der Waals surface area contributed by atoms with E-state index in [1.165, 1.54) is 4.88 Å². The first-order valence-electron chi connectivity index (χ1n) is 11.1. The summed E-state index contributed by atoms with van der Waals surface area (Å²) in [5.41, 5.74) is 2.83. The van der Waals surface area contributed by atoms with Gasteiger partial charge in [0.25, 0.3) is 0 Å². The Bertz CT molecular complexity index is 1350. The topological polar surface area (TPSA) is 93.6 Å². The summed E-state index contributed by atoms with van der Waals surface area (Å²) in [5, 5.41) is 16.6. The number of anilines is 2. The zero-order chi connectivity index (χ0) is 24.4. The normalized spacial score (nSPS) is 13.1. The van der Waals surface area contributed by atoms with Crippen LogP contribution in [0.25, 0.3) is 21.7 Å². The van der Waals surface area contributed by atoms with E-state index >= 15 is 0 Å². The molecule has 2 N–H and O–H groups in total. The molecule has 1 aromatic carbocycles. The molecular weight excluding hydrogens is 501 g/mol. The van der Waals surface area contributed by atoms with E-state index in [-0.39, 0.29) is 11.4 Å². The molecule has 3 heterocycles. The van der Waals surface area contributed by atoms with Crippen molar-refractivity contribution in [1.82, 2.24) is 9.97 Å². The number of pyridine rings is 1. The van der Waals surface area contributed by atoms with Gasteiger partial charge in [-0.25, -0.2) is 14.8 Å². The lowest BCUT2D eigenvalue weighted by atomic mass is 10.1. The van der Waals surface area contributed by atoms with Crippen molar-refractivity contribution in [2.45, 2.75) is 18.8 Å². The number of hydrogen-bond acceptors (Lipinski definition) is 8. The molecule has 1 aliphatic carbocycles. The second-order valence-electron chi connectivity index (χ2n) is 8.12. The van der Waals surface area contributed by atoms with Crippen molar-refractivity contribution in [3.8, 4) is 27.4 Å². The van der Waals surface area contributed by atoms with Gasteiger partial charge in [0.1, 0.15) is 23.7 Å². The van der Waals surface area contributed by atoms with Gasteiger partial charge in [-0.3, -0.25) is 0 Å². The lowest BCUT2D eigenvalue weighted by Gasteiger charge is -2.10. The van der Waals surface area contributed by atoms with Gasteiger partial charge < -0.3 is 19.9 Å². The summed E-state index contributed by atoms with van der Waals surface area (Å²) in [6.07, 6.45) is 3.96. The largest absolute Gasteiger partial charge is 0.491 e. The van der Waals surface area contributed by atoms with Crippen LogP contribution in [0.2, 0.25) is 0 Å². The minimum atomic E-state index is -1.03. The number of carboxylic acid groups (broad SMARTS) is 1. The van der Waals surface area contributed by atoms with Gasteiger partial charge in [-0.2, -0.15) is 0 Å². The first-order chi connectivity index (χ1) is 17.0. The third-order valence-electron chi connectivity index (χ3n) is 5.58. The highest BCUT2D eigenvalue weighted by molar-refractivity contribution is 7.28. The first-order valence-corrected chi connectivity index (χ1v) is 13.4. The lowest BCUT2D eigenvalue weighted by molar-refractivity contribution is 0.0697. The molecule has 1 atom stereocenters. The standard InChI is InChI=1S/C25H24N3O4PS2/c1-31-8-9-32-16-6-7-17(19(33)12-16)21-22(14-4-5-14)35-25(27-21)28-23-18(24(29)30)11-15(13-26-23)20-3-2-10-34-20/h2-3,6-7,10-14H,4-5,8-9,33H2,1H3,(H,29,30)(H,26,27,28). The number of rotatable bonds is 10. The zero-order valence-corrected chi connectivity index (χ0v) is 21.8. The van der Waals surface area contributed by atoms with Crippen molar-refractivity contribution in [3.63, 3.8) is 0 Å². The summed E-state index contributed by atoms with van der Waals surface area (Å²) < 4.78 is 10.8. The third-order valence-corrected chi connectivity index (χ3v) is 8.11. The molecule has 0 bridgehead atoms. The number of thiazole rings is 1. The maximum Gasteiger partial charge on any atom is 0.339 e. The van der Waals surface area contributed by atoms with Gasteiger partial charge in [-0.1, -0.05) is 6.07 Å². The molecule has 1 saturated carbocycles. The second-order valence-corrected chi connectivity index (χ2v) is 10.7. The molecule has 5 rings (SSSR count). The fourth-order valence-corrected chi connectivity index (χ4v) is 5.95. The van der Waals surface area contributed by atoms with Gasteiger partial charge in [-0.15, -0.1) is 31.9 Å². The molecule has 10 heteroatoms. The predicted molar refractivity (Wildman–Crippen MR) is 144 cm³/mol. The van der Waals surface area contributed by atoms with Crippen LogP contribution < -0.4 is 15.4 Å². The number of methoxy groups -OCH3 is 1. The minimum absolute atomic E-state index is 0.116. The number of thiophene rings is 1. The smallest absolute Gasteiger partial charge is 0.339 e. The third kappa shape index (κ3) is 5.38. The van der Waals surface area contributed by atoms with E-state index in [4.69, 9.17) is 14.5 Å². The molecule has 180 valence electrons. The fourth-order valence-electron chi connectivity index (χ4n) is 3.70. The zero-order valence-electron chi connectivity index (χ0n) is 19.0. The Labute approximate surface area is 213 Å². The van der Waals surface area contributed by atoms with Gasteiger partial charge in [0, 0.05) is 34.2 Å². The molecular formula is C25H24N3O4PS2. The number of aromatic nitrogens is 2. The molecule has 0 aliphatic heterocycles. The van der Waals surface area contributed by atoms with E-state index in [1.54, 1.807) is 42.0 Å². The highest BCUT2D eigenvalue weighted by Gasteiger charge is 2.31. The van der Waals surface area contributed by atoms with Crippen LogP contribution in [0.15, 0.2) is 48.0 Å². The number of ether oxygens (including phenoxy) is 2. The van der Waals surface area contributed by atoms with Crippen molar-refractivity contribution in [2.75, 3.05) is 25.6 Å². The van der Waals surface area contributed by atoms with Crippen LogP contribution in [-0.2, 0) is 4.74 Å². The summed E-state index contributed by atoms with van der Waals surface area (Å²) in [5.74, 6) is 0.508. The average Bonchev–Trinajstić information content (AvgIpc) is 3.37. The number of carboxylic acids is 1. The SMILES string of the molecule is COCCOc1ccc(-c2nc(Nc3ncc(-c4cccs4)cc3C(=O)O)sc2C2CC2)c(P)c1. The predicted octanol–water partition coefficient (Wildman–Crippen LogP) is 5.78. The summed E-state index contributed by atoms with van der Waals surface area (Å²) >= 11 is 3.11. The van der Waals surface area contributed by atoms with Crippen molar-refractivity contribution >= 4 is 54.1 Å². The summed E-state index contributed by atoms with van der Waals surface area (Å²) in [6, 6.07) is 11.5. The number of aromatic carboxylic acids is 1. The molecule has 1 aliphatic rings. The lowest BCUT2D eigenvalue weighted by Crippen LogP contribution is -2.07. The number of nitrogens with zero attached hydrogens (tertiary/aromatic N) is 2. The van der Waals surface area contributed by atoms with Crippen LogP contribution in [0, 0.1) is 0 Å². The van der Waals surface area contributed by atoms with Gasteiger partial charge in [0.2, 0.25) is 0 Å². The van der Waals surface area contributed by atoms with Crippen LogP contribution in [-0.4, -0.2) is 41.4 Å². The average molecular weight is 526 g/mol. The summed E-state index contributed by atoms with van der Waals surface area (Å²) in [7, 11) is 4.42. The minimum Gasteiger partial charge on any atom is -0.491 e. The molecule has 0 amide bonds. The van der Waals surface area contributed by atoms with Crippen molar-refractivity contribution in [2.24, 2.45) is 0 Å². The van der Waals surface area contributed by atoms with Crippen LogP contribution in [0.3, 0.4) is 0 Å². The van der Waals surface area contributed by atoms with Gasteiger partial charge in [0.15, 0.2) is 5.13 Å². The molecule has 4 aromatic rings. The highest BCUT2D eigenvalue weighted by Crippen LogP contribution is 2.48. The first kappa shape index (κ1) is 23.9. The summed E-state index contributed by atoms with van der Waals surface area (Å²) in [4.78, 5) is 23.5. The number of carbonyl (C=O) groups is 1. The second kappa shape index (κ2) is 10.4. The Morgan fingerprint density at radius 1 is 1.26 bits per heavy atom. The van der Waals surface area contributed by atoms with Gasteiger partial charge in [0.05, 0.1) is 12.3 Å². The van der Waals surface area contributed by atoms with Gasteiger partial charge in [-0.05, 0) is 59.8 Å². The Morgan fingerprint density at radius 3 is 2.80 bits per heavy atom. The number of nitrogens with one attached hydrogen (secondary N) is 1. The monoisotopic (exact) mass is 525 g/mol. The van der Waals surface area contributed by atoms with E-state index in [1.807, 2.05) is 35.7 Å². The summed E-state index contributed by atoms with van der Waals surface area (Å²) in [6.45, 7) is 1.02. The van der Waals surface area contributed by atoms with E-state index in [9.17, 15) is 9.90 Å². The fraction of sp³-hybridized carbons (Fsp3) is 0.240. The van der Waals surface area contributed by atoms with Gasteiger partial charge >= 0.3 is 5.97 Å². The molecule has 7 nitrogen and oxygen atoms in total. The van der Waals surface area contributed by atoms with Crippen LogP contribution in [0.1, 0.15) is 34.0 Å². The maximum absolute atomic E-state index is 12.0. The maximum atomic E-state index is 12.0. The Hall–Kier alpha value is -2.84. The van der Waals surface area contributed by atoms with E-state index < -0.39 is 5.97 Å². The van der Waals surface area contributed by atoms with Crippen molar-refractivity contribution < 1.29 is 19.4 Å². The van der Waals surface area contributed by atoms with E-state index in [0.717, 1.165) is 45.6 Å². The Balaban J connectivity index is 1.45. The Morgan fingerprint density at radius 2 is 2.11 bits per heavy atom. The van der Waals surface area contributed by atoms with Crippen molar-refractivity contribution in [3.05, 3.63) is 58.4 Å². The molecule has 0 saturated heterocycles. The number of benzene rings is 1. The molecule has 1 unspecified atom stereocenters. The quantitative estimate of drug-likeness (QED) is 0.200. The van der Waals surface area contributed by atoms with Crippen LogP contribution in [0.4, 0.5) is 10.9 Å². The molecule has 0 spiro atoms. The molecule has 35 heavy (non-hydrogen) atoms. The van der Waals surface area contributed by atoms with E-state index in [2.05, 4.69) is 19.5 Å². The van der Waals surface area contributed by atoms with Crippen molar-refractivity contribution in [1.29, 1.82) is 0 Å². The molecule has 0 radical (unpaired) electrons.